The summed E-state index contributed by atoms with van der Waals surface area (Å²) in [7, 11) is 0. The lowest BCUT2D eigenvalue weighted by molar-refractivity contribution is -0.0713. The Hall–Kier alpha value is -3.00. The molecule has 2 bridgehead atoms. The number of rotatable bonds is 3. The Labute approximate surface area is 177 Å². The molecule has 0 spiro atoms. The summed E-state index contributed by atoms with van der Waals surface area (Å²) in [5.74, 6) is 6.74. The van der Waals surface area contributed by atoms with Crippen LogP contribution in [0, 0.1) is 17.8 Å². The van der Waals surface area contributed by atoms with Gasteiger partial charge in [-0.15, -0.1) is 0 Å². The van der Waals surface area contributed by atoms with E-state index in [-0.39, 0.29) is 5.92 Å². The molecular formula is C26H25N3O. The van der Waals surface area contributed by atoms with Crippen LogP contribution in [0.5, 0.6) is 0 Å². The van der Waals surface area contributed by atoms with E-state index in [1.807, 2.05) is 30.6 Å². The Morgan fingerprint density at radius 2 is 1.87 bits per heavy atom. The van der Waals surface area contributed by atoms with Gasteiger partial charge in [-0.05, 0) is 55.1 Å². The maximum Gasteiger partial charge on any atom is 0.141 e. The van der Waals surface area contributed by atoms with Crippen molar-refractivity contribution in [2.45, 2.75) is 24.9 Å². The Morgan fingerprint density at radius 3 is 2.57 bits per heavy atom. The van der Waals surface area contributed by atoms with Crippen LogP contribution in [0.3, 0.4) is 0 Å². The molecule has 3 aliphatic heterocycles. The highest BCUT2D eigenvalue weighted by atomic mass is 16.3. The summed E-state index contributed by atoms with van der Waals surface area (Å²) < 4.78 is 0. The van der Waals surface area contributed by atoms with Crippen LogP contribution >= 0.6 is 0 Å². The number of nitrogens with zero attached hydrogens (tertiary/aromatic N) is 3. The standard InChI is InChI=1S/C26H25N3O/c30-26(19-29-13-9-24(26)10-14-29)11-8-25-22(15-20-5-2-1-3-6-20)16-23(18-28-25)21-7-4-12-27-17-21/h1-7,12,16-18,24,30H,9-10,13-15,19H2. The number of fused-ring (bicyclic) bond motifs is 3. The normalized spacial score (nSPS) is 24.8. The van der Waals surface area contributed by atoms with Gasteiger partial charge < -0.3 is 5.11 Å². The molecule has 1 aromatic carbocycles. The first kappa shape index (κ1) is 19.0. The van der Waals surface area contributed by atoms with Gasteiger partial charge in [-0.3, -0.25) is 9.88 Å². The first-order valence-electron chi connectivity index (χ1n) is 10.6. The highest BCUT2D eigenvalue weighted by Crippen LogP contribution is 2.35. The summed E-state index contributed by atoms with van der Waals surface area (Å²) >= 11 is 0. The molecule has 4 heteroatoms. The summed E-state index contributed by atoms with van der Waals surface area (Å²) in [5, 5.41) is 11.2. The average Bonchev–Trinajstić information content (AvgIpc) is 2.80. The summed E-state index contributed by atoms with van der Waals surface area (Å²) in [6.45, 7) is 2.80. The van der Waals surface area contributed by atoms with Gasteiger partial charge in [-0.2, -0.15) is 0 Å². The van der Waals surface area contributed by atoms with Crippen molar-refractivity contribution in [3.8, 4) is 23.0 Å². The topological polar surface area (TPSA) is 49.3 Å². The zero-order chi connectivity index (χ0) is 20.4. The molecule has 3 aromatic rings. The lowest BCUT2D eigenvalue weighted by Gasteiger charge is -2.47. The van der Waals surface area contributed by atoms with Crippen molar-refractivity contribution < 1.29 is 5.11 Å². The molecule has 3 aliphatic rings. The number of hydrogen-bond donors (Lipinski definition) is 1. The second kappa shape index (κ2) is 8.02. The fraction of sp³-hybridized carbons (Fsp3) is 0.308. The largest absolute Gasteiger partial charge is 0.376 e. The van der Waals surface area contributed by atoms with Gasteiger partial charge in [0.25, 0.3) is 0 Å². The number of hydrogen-bond acceptors (Lipinski definition) is 4. The molecule has 0 radical (unpaired) electrons. The second-order valence-electron chi connectivity index (χ2n) is 8.36. The van der Waals surface area contributed by atoms with E-state index in [1.165, 1.54) is 5.56 Å². The van der Waals surface area contributed by atoms with E-state index in [9.17, 15) is 5.11 Å². The molecule has 1 unspecified atom stereocenters. The van der Waals surface area contributed by atoms with Crippen LogP contribution in [-0.4, -0.2) is 45.2 Å². The Morgan fingerprint density at radius 1 is 1.03 bits per heavy atom. The van der Waals surface area contributed by atoms with Crippen LogP contribution in [-0.2, 0) is 6.42 Å². The van der Waals surface area contributed by atoms with Crippen molar-refractivity contribution in [2.24, 2.45) is 5.92 Å². The third-order valence-corrected chi connectivity index (χ3v) is 6.32. The number of aromatic nitrogens is 2. The van der Waals surface area contributed by atoms with Crippen molar-refractivity contribution in [2.75, 3.05) is 19.6 Å². The minimum atomic E-state index is -0.926. The van der Waals surface area contributed by atoms with Gasteiger partial charge in [0.05, 0.1) is 0 Å². The number of aliphatic hydroxyl groups is 1. The van der Waals surface area contributed by atoms with Gasteiger partial charge in [-0.1, -0.05) is 42.3 Å². The highest BCUT2D eigenvalue weighted by Gasteiger charge is 2.44. The van der Waals surface area contributed by atoms with Gasteiger partial charge in [0.1, 0.15) is 11.3 Å². The minimum Gasteiger partial charge on any atom is -0.376 e. The molecule has 150 valence electrons. The minimum absolute atomic E-state index is 0.266. The van der Waals surface area contributed by atoms with Crippen molar-refractivity contribution in [3.05, 3.63) is 83.9 Å². The smallest absolute Gasteiger partial charge is 0.141 e. The maximum absolute atomic E-state index is 11.2. The average molecular weight is 396 g/mol. The molecule has 0 aliphatic carbocycles. The van der Waals surface area contributed by atoms with E-state index in [2.05, 4.69) is 52.1 Å². The predicted molar refractivity (Wildman–Crippen MR) is 118 cm³/mol. The Bertz CT molecular complexity index is 1080. The molecule has 30 heavy (non-hydrogen) atoms. The van der Waals surface area contributed by atoms with E-state index < -0.39 is 5.60 Å². The van der Waals surface area contributed by atoms with Crippen LogP contribution in [0.1, 0.15) is 29.7 Å². The first-order valence-corrected chi connectivity index (χ1v) is 10.6. The quantitative estimate of drug-likeness (QED) is 0.689. The van der Waals surface area contributed by atoms with Gasteiger partial charge in [0.2, 0.25) is 0 Å². The summed E-state index contributed by atoms with van der Waals surface area (Å²) in [4.78, 5) is 11.3. The first-order chi connectivity index (χ1) is 14.7. The summed E-state index contributed by atoms with van der Waals surface area (Å²) in [5.41, 5.74) is 4.17. The van der Waals surface area contributed by atoms with Crippen LogP contribution in [0.2, 0.25) is 0 Å². The van der Waals surface area contributed by atoms with E-state index in [0.717, 1.165) is 54.7 Å². The van der Waals surface area contributed by atoms with E-state index in [4.69, 9.17) is 4.98 Å². The molecule has 6 rings (SSSR count). The van der Waals surface area contributed by atoms with E-state index in [1.54, 1.807) is 6.20 Å². The monoisotopic (exact) mass is 395 g/mol. The SMILES string of the molecule is OC1(C#Cc2ncc(-c3cccnc3)cc2Cc2ccccc2)CN2CCC1CC2. The predicted octanol–water partition coefficient (Wildman–Crippen LogP) is 3.54. The highest BCUT2D eigenvalue weighted by molar-refractivity contribution is 5.63. The fourth-order valence-corrected chi connectivity index (χ4v) is 4.61. The van der Waals surface area contributed by atoms with Gasteiger partial charge in [0.15, 0.2) is 0 Å². The molecule has 2 aromatic heterocycles. The van der Waals surface area contributed by atoms with Crippen molar-refractivity contribution >= 4 is 0 Å². The van der Waals surface area contributed by atoms with Crippen molar-refractivity contribution in [1.82, 2.24) is 14.9 Å². The van der Waals surface area contributed by atoms with Gasteiger partial charge in [-0.25, -0.2) is 4.98 Å². The Kier molecular flexibility index (Phi) is 5.08. The molecule has 0 amide bonds. The lowest BCUT2D eigenvalue weighted by atomic mass is 9.76. The molecule has 3 saturated heterocycles. The third kappa shape index (κ3) is 3.87. The maximum atomic E-state index is 11.2. The third-order valence-electron chi connectivity index (χ3n) is 6.32. The van der Waals surface area contributed by atoms with Crippen molar-refractivity contribution in [3.63, 3.8) is 0 Å². The van der Waals surface area contributed by atoms with E-state index >= 15 is 0 Å². The number of pyridine rings is 2. The molecule has 0 saturated carbocycles. The molecule has 4 nitrogen and oxygen atoms in total. The van der Waals surface area contributed by atoms with Crippen LogP contribution < -0.4 is 0 Å². The van der Waals surface area contributed by atoms with Gasteiger partial charge >= 0.3 is 0 Å². The zero-order valence-corrected chi connectivity index (χ0v) is 17.0. The molecule has 1 atom stereocenters. The number of piperidine rings is 3. The molecular weight excluding hydrogens is 370 g/mol. The Balaban J connectivity index is 1.51. The zero-order valence-electron chi connectivity index (χ0n) is 17.0. The molecule has 1 N–H and O–H groups in total. The fourth-order valence-electron chi connectivity index (χ4n) is 4.61. The van der Waals surface area contributed by atoms with Crippen LogP contribution in [0.15, 0.2) is 67.1 Å². The molecule has 3 fully saturated rings. The van der Waals surface area contributed by atoms with E-state index in [0.29, 0.717) is 6.54 Å². The second-order valence-corrected chi connectivity index (χ2v) is 8.36. The molecule has 5 heterocycles. The number of benzene rings is 1. The summed E-state index contributed by atoms with van der Waals surface area (Å²) in [6.07, 6.45) is 8.28. The van der Waals surface area contributed by atoms with Crippen LogP contribution in [0.25, 0.3) is 11.1 Å². The van der Waals surface area contributed by atoms with Crippen LogP contribution in [0.4, 0.5) is 0 Å². The summed E-state index contributed by atoms with van der Waals surface area (Å²) in [6, 6.07) is 16.5. The van der Waals surface area contributed by atoms with Gasteiger partial charge in [0, 0.05) is 48.6 Å². The van der Waals surface area contributed by atoms with Crippen molar-refractivity contribution in [1.29, 1.82) is 0 Å². The lowest BCUT2D eigenvalue weighted by Crippen LogP contribution is -2.58.